The van der Waals surface area contributed by atoms with Crippen molar-refractivity contribution >= 4 is 46.2 Å². The van der Waals surface area contributed by atoms with E-state index in [4.69, 9.17) is 23.2 Å². The van der Waals surface area contributed by atoms with Crippen molar-refractivity contribution in [3.63, 3.8) is 0 Å². The molecule has 0 amide bonds. The van der Waals surface area contributed by atoms with Gasteiger partial charge in [0, 0.05) is 12.7 Å². The Kier molecular flexibility index (Phi) is 5.19. The zero-order valence-electron chi connectivity index (χ0n) is 8.54. The van der Waals surface area contributed by atoms with Gasteiger partial charge in [0.25, 0.3) is 0 Å². The molecule has 16 heavy (non-hydrogen) atoms. The van der Waals surface area contributed by atoms with Gasteiger partial charge in [-0.05, 0) is 17.7 Å². The minimum Gasteiger partial charge on any atom is -0.505 e. The van der Waals surface area contributed by atoms with Gasteiger partial charge in [-0.2, -0.15) is 0 Å². The van der Waals surface area contributed by atoms with Gasteiger partial charge < -0.3 is 5.11 Å². The maximum atomic E-state index is 10.7. The van der Waals surface area contributed by atoms with Gasteiger partial charge in [-0.3, -0.25) is 4.79 Å². The van der Waals surface area contributed by atoms with Crippen LogP contribution in [0.25, 0.3) is 6.08 Å². The van der Waals surface area contributed by atoms with Gasteiger partial charge in [0.1, 0.15) is 0 Å². The number of phenols is 1. The van der Waals surface area contributed by atoms with Gasteiger partial charge in [0.05, 0.1) is 10.0 Å². The smallest absolute Gasteiger partial charge is 0.186 e. The predicted molar refractivity (Wildman–Crippen MR) is 70.3 cm³/mol. The second-order valence-corrected chi connectivity index (χ2v) is 5.05. The number of rotatable bonds is 3. The number of hydrogen-bond donors (Lipinski definition) is 1. The number of carbonyl (C=O) groups is 1. The molecule has 0 bridgehead atoms. The Hall–Kier alpha value is -0.640. The molecule has 1 N–H and O–H groups in total. The fourth-order valence-corrected chi connectivity index (χ4v) is 1.96. The molecule has 1 rings (SSSR count). The van der Waals surface area contributed by atoms with Crippen LogP contribution in [0.15, 0.2) is 18.2 Å². The number of thioether (sulfide) groups is 1. The van der Waals surface area contributed by atoms with Gasteiger partial charge in [-0.25, -0.2) is 0 Å². The molecule has 0 saturated carbocycles. The van der Waals surface area contributed by atoms with Crippen LogP contribution < -0.4 is 0 Å². The molecule has 5 heteroatoms. The summed E-state index contributed by atoms with van der Waals surface area (Å²) in [5, 5.41) is 9.84. The van der Waals surface area contributed by atoms with E-state index in [1.54, 1.807) is 18.2 Å². The van der Waals surface area contributed by atoms with E-state index in [2.05, 4.69) is 0 Å². The average Bonchev–Trinajstić information content (AvgIpc) is 2.20. The van der Waals surface area contributed by atoms with Gasteiger partial charge in [0.2, 0.25) is 0 Å². The third-order valence-electron chi connectivity index (χ3n) is 1.73. The van der Waals surface area contributed by atoms with Crippen LogP contribution in [0.4, 0.5) is 0 Å². The molecule has 0 aliphatic heterocycles. The second-order valence-electron chi connectivity index (χ2n) is 3.04. The summed E-state index contributed by atoms with van der Waals surface area (Å²) in [7, 11) is 0. The lowest BCUT2D eigenvalue weighted by atomic mass is 10.2. The van der Waals surface area contributed by atoms with Gasteiger partial charge in [-0.1, -0.05) is 47.1 Å². The number of phenolic OH excluding ortho intramolecular Hbond substituents is 1. The first kappa shape index (κ1) is 13.4. The molecule has 0 aromatic heterocycles. The molecule has 1 aromatic rings. The monoisotopic (exact) mass is 276 g/mol. The van der Waals surface area contributed by atoms with Crippen molar-refractivity contribution in [2.24, 2.45) is 0 Å². The lowest BCUT2D eigenvalue weighted by Gasteiger charge is -2.01. The van der Waals surface area contributed by atoms with Crippen molar-refractivity contribution in [3.05, 3.63) is 33.8 Å². The van der Waals surface area contributed by atoms with Crippen LogP contribution in [0.1, 0.15) is 12.5 Å². The van der Waals surface area contributed by atoms with Crippen LogP contribution in [0.3, 0.4) is 0 Å². The van der Waals surface area contributed by atoms with Crippen LogP contribution in [0.2, 0.25) is 10.0 Å². The molecular formula is C11H10Cl2O2S. The van der Waals surface area contributed by atoms with Crippen molar-refractivity contribution < 1.29 is 9.90 Å². The molecule has 2 nitrogen and oxygen atoms in total. The van der Waals surface area contributed by atoms with Crippen LogP contribution in [0, 0.1) is 0 Å². The van der Waals surface area contributed by atoms with Crippen molar-refractivity contribution in [2.45, 2.75) is 6.92 Å². The van der Waals surface area contributed by atoms with Crippen LogP contribution in [-0.4, -0.2) is 16.0 Å². The van der Waals surface area contributed by atoms with Crippen molar-refractivity contribution in [1.29, 1.82) is 0 Å². The minimum atomic E-state index is -0.112. The Labute approximate surface area is 108 Å². The van der Waals surface area contributed by atoms with Crippen molar-refractivity contribution in [2.75, 3.05) is 5.75 Å². The Morgan fingerprint density at radius 2 is 2.00 bits per heavy atom. The zero-order valence-corrected chi connectivity index (χ0v) is 10.9. The Morgan fingerprint density at radius 1 is 1.44 bits per heavy atom. The maximum Gasteiger partial charge on any atom is 0.186 e. The molecule has 0 aliphatic carbocycles. The summed E-state index contributed by atoms with van der Waals surface area (Å²) in [5.74, 6) is 0.490. The first-order valence-electron chi connectivity index (χ1n) is 4.48. The Balaban J connectivity index is 2.71. The van der Waals surface area contributed by atoms with Gasteiger partial charge in [0.15, 0.2) is 10.9 Å². The summed E-state index contributed by atoms with van der Waals surface area (Å²) >= 11 is 12.7. The van der Waals surface area contributed by atoms with Crippen molar-refractivity contribution in [3.8, 4) is 5.75 Å². The molecule has 0 atom stereocenters. The van der Waals surface area contributed by atoms with E-state index in [1.807, 2.05) is 6.08 Å². The molecule has 0 fully saturated rings. The summed E-state index contributed by atoms with van der Waals surface area (Å²) in [4.78, 5) is 10.7. The van der Waals surface area contributed by atoms with Crippen LogP contribution in [-0.2, 0) is 4.79 Å². The standard InChI is InChI=1S/C11H10Cl2O2S/c1-7(14)16-4-2-3-8-5-9(12)11(15)10(13)6-8/h2-3,5-6,15H,4H2,1H3. The summed E-state index contributed by atoms with van der Waals surface area (Å²) in [6.07, 6.45) is 3.64. The van der Waals surface area contributed by atoms with Crippen molar-refractivity contribution in [1.82, 2.24) is 0 Å². The third-order valence-corrected chi connectivity index (χ3v) is 3.07. The van der Waals surface area contributed by atoms with Gasteiger partial charge >= 0.3 is 0 Å². The normalized spacial score (nSPS) is 10.9. The van der Waals surface area contributed by atoms with Crippen LogP contribution >= 0.6 is 35.0 Å². The molecule has 86 valence electrons. The van der Waals surface area contributed by atoms with E-state index in [-0.39, 0.29) is 20.9 Å². The van der Waals surface area contributed by atoms with E-state index in [1.165, 1.54) is 18.7 Å². The first-order chi connectivity index (χ1) is 7.50. The summed E-state index contributed by atoms with van der Waals surface area (Å²) in [6, 6.07) is 3.22. The number of benzene rings is 1. The lowest BCUT2D eigenvalue weighted by Crippen LogP contribution is -1.82. The number of carbonyl (C=O) groups excluding carboxylic acids is 1. The van der Waals surface area contributed by atoms with E-state index in [9.17, 15) is 9.90 Å². The molecule has 0 unspecified atom stereocenters. The van der Waals surface area contributed by atoms with Crippen LogP contribution in [0.5, 0.6) is 5.75 Å². The third kappa shape index (κ3) is 4.08. The average molecular weight is 277 g/mol. The summed E-state index contributed by atoms with van der Waals surface area (Å²) in [6.45, 7) is 1.52. The Morgan fingerprint density at radius 3 is 2.50 bits per heavy atom. The fraction of sp³-hybridized carbons (Fsp3) is 0.182. The second kappa shape index (κ2) is 6.18. The minimum absolute atomic E-state index is 0.0754. The van der Waals surface area contributed by atoms with Gasteiger partial charge in [-0.15, -0.1) is 0 Å². The molecule has 0 saturated heterocycles. The summed E-state index contributed by atoms with van der Waals surface area (Å²) < 4.78 is 0. The highest BCUT2D eigenvalue weighted by molar-refractivity contribution is 8.13. The topological polar surface area (TPSA) is 37.3 Å². The first-order valence-corrected chi connectivity index (χ1v) is 6.22. The molecular weight excluding hydrogens is 267 g/mol. The number of aromatic hydroxyl groups is 1. The molecule has 0 aliphatic rings. The van der Waals surface area contributed by atoms with E-state index in [0.29, 0.717) is 5.75 Å². The molecule has 0 spiro atoms. The van der Waals surface area contributed by atoms with E-state index >= 15 is 0 Å². The van der Waals surface area contributed by atoms with E-state index in [0.717, 1.165) is 5.56 Å². The molecule has 0 heterocycles. The number of halogens is 2. The molecule has 0 radical (unpaired) electrons. The zero-order chi connectivity index (χ0) is 12.1. The fourth-order valence-electron chi connectivity index (χ4n) is 1.03. The number of hydrogen-bond acceptors (Lipinski definition) is 3. The highest BCUT2D eigenvalue weighted by Gasteiger charge is 2.04. The summed E-state index contributed by atoms with van der Waals surface area (Å²) in [5.41, 5.74) is 0.789. The predicted octanol–water partition coefficient (Wildman–Crippen LogP) is 3.99. The largest absolute Gasteiger partial charge is 0.505 e. The quantitative estimate of drug-likeness (QED) is 0.907. The Bertz CT molecular complexity index is 407. The van der Waals surface area contributed by atoms with E-state index < -0.39 is 0 Å². The SMILES string of the molecule is CC(=O)SCC=Cc1cc(Cl)c(O)c(Cl)c1. The lowest BCUT2D eigenvalue weighted by molar-refractivity contribution is -0.109. The highest BCUT2D eigenvalue weighted by atomic mass is 35.5. The highest BCUT2D eigenvalue weighted by Crippen LogP contribution is 2.33. The molecule has 1 aromatic carbocycles. The maximum absolute atomic E-state index is 10.7.